The Bertz CT molecular complexity index is 81.7. The lowest BCUT2D eigenvalue weighted by atomic mass is 10.1. The van der Waals surface area contributed by atoms with Gasteiger partial charge in [0.25, 0.3) is 0 Å². The molecule has 0 bridgehead atoms. The highest BCUT2D eigenvalue weighted by atomic mass is 16.3. The topological polar surface area (TPSA) is 52.5 Å². The molecule has 0 amide bonds. The highest BCUT2D eigenvalue weighted by molar-refractivity contribution is 4.80. The van der Waals surface area contributed by atoms with E-state index in [1.807, 2.05) is 6.92 Å². The molecule has 0 spiro atoms. The molecular weight excluding hydrogens is 130 g/mol. The summed E-state index contributed by atoms with van der Waals surface area (Å²) in [5.41, 5.74) is -0.504. The van der Waals surface area contributed by atoms with Gasteiger partial charge in [-0.3, -0.25) is 0 Å². The molecule has 0 aliphatic carbocycles. The number of rotatable bonds is 5. The molecule has 3 nitrogen and oxygen atoms in total. The number of aliphatic hydroxyl groups is 2. The molecule has 0 unspecified atom stereocenters. The van der Waals surface area contributed by atoms with Gasteiger partial charge in [-0.2, -0.15) is 0 Å². The fourth-order valence-corrected chi connectivity index (χ4v) is 0.589. The van der Waals surface area contributed by atoms with Crippen molar-refractivity contribution in [2.45, 2.75) is 25.8 Å². The Morgan fingerprint density at radius 1 is 1.30 bits per heavy atom. The van der Waals surface area contributed by atoms with E-state index < -0.39 is 5.54 Å². The lowest BCUT2D eigenvalue weighted by Gasteiger charge is -2.25. The van der Waals surface area contributed by atoms with Crippen LogP contribution in [0.25, 0.3) is 0 Å². The van der Waals surface area contributed by atoms with E-state index in [9.17, 15) is 0 Å². The molecule has 3 N–H and O–H groups in total. The Morgan fingerprint density at radius 3 is 2.10 bits per heavy atom. The van der Waals surface area contributed by atoms with Crippen molar-refractivity contribution in [2.75, 3.05) is 19.8 Å². The average molecular weight is 147 g/mol. The van der Waals surface area contributed by atoms with E-state index in [2.05, 4.69) is 5.32 Å². The van der Waals surface area contributed by atoms with Gasteiger partial charge in [0.05, 0.1) is 18.8 Å². The van der Waals surface area contributed by atoms with Gasteiger partial charge in [-0.25, -0.2) is 0 Å². The van der Waals surface area contributed by atoms with Gasteiger partial charge < -0.3 is 15.5 Å². The van der Waals surface area contributed by atoms with E-state index in [1.54, 1.807) is 6.92 Å². The molecule has 10 heavy (non-hydrogen) atoms. The fourth-order valence-electron chi connectivity index (χ4n) is 0.589. The SMILES string of the molecule is CCCNC(C)(CO)CO. The van der Waals surface area contributed by atoms with Gasteiger partial charge in [-0.05, 0) is 19.9 Å². The maximum atomic E-state index is 8.79. The summed E-state index contributed by atoms with van der Waals surface area (Å²) in [6.07, 6.45) is 1.01. The van der Waals surface area contributed by atoms with Crippen LogP contribution in [0.15, 0.2) is 0 Å². The molecule has 0 fully saturated rings. The molecule has 3 heteroatoms. The molecule has 0 rings (SSSR count). The third kappa shape index (κ3) is 3.15. The normalized spacial score (nSPS) is 12.0. The highest BCUT2D eigenvalue weighted by Crippen LogP contribution is 1.99. The number of nitrogens with one attached hydrogen (secondary N) is 1. The van der Waals surface area contributed by atoms with Crippen LogP contribution in [0.4, 0.5) is 0 Å². The molecular formula is C7H17NO2. The zero-order valence-corrected chi connectivity index (χ0v) is 6.72. The largest absolute Gasteiger partial charge is 0.394 e. The Hall–Kier alpha value is -0.120. The minimum Gasteiger partial charge on any atom is -0.394 e. The molecule has 0 aliphatic rings. The third-order valence-electron chi connectivity index (χ3n) is 1.50. The van der Waals surface area contributed by atoms with E-state index in [1.165, 1.54) is 0 Å². The highest BCUT2D eigenvalue weighted by Gasteiger charge is 2.19. The Morgan fingerprint density at radius 2 is 1.80 bits per heavy atom. The quantitative estimate of drug-likeness (QED) is 0.501. The van der Waals surface area contributed by atoms with Crippen molar-refractivity contribution in [3.63, 3.8) is 0 Å². The number of hydrogen-bond acceptors (Lipinski definition) is 3. The minimum absolute atomic E-state index is 0.0243. The average Bonchev–Trinajstić information content (AvgIpc) is 2.00. The van der Waals surface area contributed by atoms with Crippen LogP contribution in [0.3, 0.4) is 0 Å². The third-order valence-corrected chi connectivity index (χ3v) is 1.50. The summed E-state index contributed by atoms with van der Waals surface area (Å²) < 4.78 is 0. The van der Waals surface area contributed by atoms with Crippen molar-refractivity contribution in [1.29, 1.82) is 0 Å². The molecule has 0 saturated carbocycles. The first-order valence-electron chi connectivity index (χ1n) is 3.65. The smallest absolute Gasteiger partial charge is 0.0633 e. The Balaban J connectivity index is 3.58. The lowest BCUT2D eigenvalue weighted by molar-refractivity contribution is 0.105. The summed E-state index contributed by atoms with van der Waals surface area (Å²) in [5, 5.41) is 20.6. The zero-order chi connectivity index (χ0) is 8.04. The lowest BCUT2D eigenvalue weighted by Crippen LogP contribution is -2.49. The second-order valence-corrected chi connectivity index (χ2v) is 2.80. The first-order chi connectivity index (χ1) is 4.68. The van der Waals surface area contributed by atoms with Crippen LogP contribution >= 0.6 is 0 Å². The number of hydrogen-bond donors (Lipinski definition) is 3. The van der Waals surface area contributed by atoms with Gasteiger partial charge in [0.2, 0.25) is 0 Å². The van der Waals surface area contributed by atoms with Crippen molar-refractivity contribution < 1.29 is 10.2 Å². The maximum absolute atomic E-state index is 8.79. The second-order valence-electron chi connectivity index (χ2n) is 2.80. The second kappa shape index (κ2) is 4.66. The monoisotopic (exact) mass is 147 g/mol. The summed E-state index contributed by atoms with van der Waals surface area (Å²) in [4.78, 5) is 0. The van der Waals surface area contributed by atoms with Crippen LogP contribution < -0.4 is 5.32 Å². The van der Waals surface area contributed by atoms with Crippen molar-refractivity contribution >= 4 is 0 Å². The van der Waals surface area contributed by atoms with Gasteiger partial charge in [0.1, 0.15) is 0 Å². The minimum atomic E-state index is -0.504. The first-order valence-corrected chi connectivity index (χ1v) is 3.65. The van der Waals surface area contributed by atoms with E-state index in [0.717, 1.165) is 13.0 Å². The van der Waals surface area contributed by atoms with Gasteiger partial charge in [-0.1, -0.05) is 6.92 Å². The number of aliphatic hydroxyl groups excluding tert-OH is 2. The van der Waals surface area contributed by atoms with Crippen molar-refractivity contribution in [1.82, 2.24) is 5.32 Å². The van der Waals surface area contributed by atoms with Crippen LogP contribution in [0.2, 0.25) is 0 Å². The van der Waals surface area contributed by atoms with E-state index in [0.29, 0.717) is 0 Å². The molecule has 0 aromatic carbocycles. The molecule has 62 valence electrons. The van der Waals surface area contributed by atoms with Crippen molar-refractivity contribution in [3.8, 4) is 0 Å². The van der Waals surface area contributed by atoms with Crippen LogP contribution in [0, 0.1) is 0 Å². The van der Waals surface area contributed by atoms with Gasteiger partial charge >= 0.3 is 0 Å². The Labute approximate surface area is 62.1 Å². The fraction of sp³-hybridized carbons (Fsp3) is 1.00. The van der Waals surface area contributed by atoms with Crippen molar-refractivity contribution in [3.05, 3.63) is 0 Å². The van der Waals surface area contributed by atoms with Crippen LogP contribution in [-0.2, 0) is 0 Å². The van der Waals surface area contributed by atoms with Crippen LogP contribution in [0.5, 0.6) is 0 Å². The summed E-state index contributed by atoms with van der Waals surface area (Å²) >= 11 is 0. The molecule has 0 aliphatic heterocycles. The predicted octanol–water partition coefficient (Wildman–Crippen LogP) is -0.271. The van der Waals surface area contributed by atoms with E-state index >= 15 is 0 Å². The predicted molar refractivity (Wildman–Crippen MR) is 40.9 cm³/mol. The molecule has 0 heterocycles. The molecule has 0 radical (unpaired) electrons. The molecule has 0 saturated heterocycles. The molecule has 0 aromatic heterocycles. The van der Waals surface area contributed by atoms with E-state index in [4.69, 9.17) is 10.2 Å². The molecule has 0 atom stereocenters. The summed E-state index contributed by atoms with van der Waals surface area (Å²) in [6.45, 7) is 4.62. The van der Waals surface area contributed by atoms with Gasteiger partial charge in [0.15, 0.2) is 0 Å². The van der Waals surface area contributed by atoms with Gasteiger partial charge in [-0.15, -0.1) is 0 Å². The summed E-state index contributed by atoms with van der Waals surface area (Å²) in [6, 6.07) is 0. The first kappa shape index (κ1) is 9.88. The summed E-state index contributed by atoms with van der Waals surface area (Å²) in [7, 11) is 0. The zero-order valence-electron chi connectivity index (χ0n) is 6.72. The van der Waals surface area contributed by atoms with Crippen LogP contribution in [-0.4, -0.2) is 35.5 Å². The van der Waals surface area contributed by atoms with Crippen LogP contribution in [0.1, 0.15) is 20.3 Å². The standard InChI is InChI=1S/C7H17NO2/c1-3-4-8-7(2,5-9)6-10/h8-10H,3-6H2,1-2H3. The summed E-state index contributed by atoms with van der Waals surface area (Å²) in [5.74, 6) is 0. The Kier molecular flexibility index (Phi) is 4.60. The maximum Gasteiger partial charge on any atom is 0.0633 e. The van der Waals surface area contributed by atoms with E-state index in [-0.39, 0.29) is 13.2 Å². The van der Waals surface area contributed by atoms with Gasteiger partial charge in [0, 0.05) is 0 Å². The molecule has 0 aromatic rings. The van der Waals surface area contributed by atoms with Crippen molar-refractivity contribution in [2.24, 2.45) is 0 Å².